The van der Waals surface area contributed by atoms with Gasteiger partial charge in [-0.3, -0.25) is 24.0 Å². The van der Waals surface area contributed by atoms with E-state index >= 15 is 0 Å². The molecule has 2 amide bonds. The molecule has 2 aliphatic heterocycles. The molecule has 2 saturated heterocycles. The fourth-order valence-electron chi connectivity index (χ4n) is 9.18. The topological polar surface area (TPSA) is 219 Å². The van der Waals surface area contributed by atoms with Gasteiger partial charge in [-0.25, -0.2) is 4.79 Å². The Balaban J connectivity index is 0.912. The number of ether oxygens (including phenoxy) is 6. The van der Waals surface area contributed by atoms with Crippen molar-refractivity contribution in [1.82, 2.24) is 10.6 Å². The summed E-state index contributed by atoms with van der Waals surface area (Å²) in [6.45, 7) is 4.30. The van der Waals surface area contributed by atoms with Crippen molar-refractivity contribution in [2.45, 2.75) is 141 Å². The second-order valence-electron chi connectivity index (χ2n) is 15.5. The molecule has 4 bridgehead atoms. The van der Waals surface area contributed by atoms with E-state index in [0.29, 0.717) is 50.4 Å². The highest BCUT2D eigenvalue weighted by Gasteiger charge is 2.65. The summed E-state index contributed by atoms with van der Waals surface area (Å²) in [5.74, 6) is -2.75. The van der Waals surface area contributed by atoms with Crippen LogP contribution in [0.25, 0.3) is 0 Å². The number of nitrogens with one attached hydrogen (secondary N) is 2. The summed E-state index contributed by atoms with van der Waals surface area (Å²) in [4.78, 5) is 97.2. The largest absolute Gasteiger partial charge is 0.463 e. The van der Waals surface area contributed by atoms with Crippen LogP contribution in [0, 0.1) is 29.6 Å². The third-order valence-electron chi connectivity index (χ3n) is 11.4. The van der Waals surface area contributed by atoms with Gasteiger partial charge < -0.3 is 39.1 Å². The first kappa shape index (κ1) is 40.1. The number of hydrogen-bond acceptors (Lipinski definition) is 16. The number of rotatable bonds is 12. The zero-order valence-electron chi connectivity index (χ0n) is 31.2. The Labute approximate surface area is 313 Å². The standard InChI is InChI=1S/C36H52N2O16/c1-19(39)45-18-28-30(46-20(2)40)31(47-21(3)41)32(48-22(4)42)33(49-28)50-34(44)38-11-5-10-37-29(43)17-23-6-8-35(9-7-23)51-53-36(54-52-35)26-13-24-12-25(15-26)16-27(36)14-24/h23-28,30-33H,5-18H2,1-4H3,(H,37,43)(H,38,44)/t23?,24?,25?,26?,27?,28-,30-,31+,32-,33-,35?,36?/m1/s1. The molecule has 5 atom stereocenters. The lowest BCUT2D eigenvalue weighted by atomic mass is 9.53. The lowest BCUT2D eigenvalue weighted by Gasteiger charge is -2.60. The summed E-state index contributed by atoms with van der Waals surface area (Å²) in [6, 6.07) is 0. The minimum atomic E-state index is -1.65. The molecule has 0 aromatic heterocycles. The molecule has 18 heteroatoms. The zero-order chi connectivity index (χ0) is 38.6. The van der Waals surface area contributed by atoms with E-state index in [1.54, 1.807) is 0 Å². The van der Waals surface area contributed by atoms with Crippen LogP contribution in [0.4, 0.5) is 4.79 Å². The molecular weight excluding hydrogens is 716 g/mol. The second-order valence-corrected chi connectivity index (χ2v) is 15.5. The van der Waals surface area contributed by atoms with Crippen molar-refractivity contribution in [3.05, 3.63) is 0 Å². The van der Waals surface area contributed by atoms with E-state index in [0.717, 1.165) is 65.2 Å². The number of carbonyl (C=O) groups is 6. The van der Waals surface area contributed by atoms with Crippen LogP contribution in [-0.4, -0.2) is 97.9 Å². The monoisotopic (exact) mass is 768 g/mol. The van der Waals surface area contributed by atoms with E-state index in [9.17, 15) is 28.8 Å². The number of alkyl carbamates (subject to hydrolysis) is 1. The first-order chi connectivity index (χ1) is 25.7. The molecule has 7 rings (SSSR count). The van der Waals surface area contributed by atoms with E-state index in [1.807, 2.05) is 0 Å². The van der Waals surface area contributed by atoms with Crippen LogP contribution in [0.3, 0.4) is 0 Å². The third-order valence-corrected chi connectivity index (χ3v) is 11.4. The molecule has 5 saturated carbocycles. The van der Waals surface area contributed by atoms with Gasteiger partial charge in [0.05, 0.1) is 0 Å². The molecule has 18 nitrogen and oxygen atoms in total. The first-order valence-electron chi connectivity index (χ1n) is 19.0. The van der Waals surface area contributed by atoms with Crippen LogP contribution in [0.2, 0.25) is 0 Å². The van der Waals surface area contributed by atoms with E-state index in [1.165, 1.54) is 6.42 Å². The normalized spacial score (nSPS) is 37.9. The molecule has 302 valence electrons. The summed E-state index contributed by atoms with van der Waals surface area (Å²) < 4.78 is 32.1. The Morgan fingerprint density at radius 1 is 0.648 bits per heavy atom. The van der Waals surface area contributed by atoms with Crippen molar-refractivity contribution in [3.8, 4) is 0 Å². The Bertz CT molecular complexity index is 1370. The maximum atomic E-state index is 12.8. The van der Waals surface area contributed by atoms with Crippen molar-refractivity contribution >= 4 is 35.9 Å². The lowest BCUT2D eigenvalue weighted by molar-refractivity contribution is -0.680. The van der Waals surface area contributed by atoms with E-state index in [4.69, 9.17) is 48.0 Å². The Morgan fingerprint density at radius 2 is 1.20 bits per heavy atom. The van der Waals surface area contributed by atoms with E-state index in [-0.39, 0.29) is 24.9 Å². The molecule has 0 aromatic carbocycles. The van der Waals surface area contributed by atoms with E-state index in [2.05, 4.69) is 10.6 Å². The molecule has 2 heterocycles. The van der Waals surface area contributed by atoms with Crippen LogP contribution < -0.4 is 10.6 Å². The maximum Gasteiger partial charge on any atom is 0.409 e. The van der Waals surface area contributed by atoms with Gasteiger partial charge in [0.25, 0.3) is 0 Å². The predicted molar refractivity (Wildman–Crippen MR) is 177 cm³/mol. The smallest absolute Gasteiger partial charge is 0.409 e. The van der Waals surface area contributed by atoms with E-state index < -0.39 is 78.9 Å². The van der Waals surface area contributed by atoms with Gasteiger partial charge >= 0.3 is 30.0 Å². The summed E-state index contributed by atoms with van der Waals surface area (Å²) in [7, 11) is 0. The average Bonchev–Trinajstić information content (AvgIpc) is 3.10. The second kappa shape index (κ2) is 17.1. The van der Waals surface area contributed by atoms with Crippen LogP contribution in [0.1, 0.15) is 98.3 Å². The quantitative estimate of drug-likeness (QED) is 0.126. The van der Waals surface area contributed by atoms with Gasteiger partial charge in [-0.15, -0.1) is 0 Å². The number of carbonyl (C=O) groups excluding carboxylic acids is 6. The average molecular weight is 769 g/mol. The fraction of sp³-hybridized carbons (Fsp3) is 0.833. The highest BCUT2D eigenvalue weighted by atomic mass is 17.4. The Kier molecular flexibility index (Phi) is 12.7. The fourth-order valence-corrected chi connectivity index (χ4v) is 9.18. The SMILES string of the molecule is CC(=O)OC[C@H]1O[C@H](OC(=O)NCCCNC(=O)CC2CCC3(CC2)OOC2(OO3)C3CC4CC(C3)CC2C4)[C@H](OC(C)=O)[C@@H](OC(C)=O)[C@@H]1OC(C)=O. The molecule has 54 heavy (non-hydrogen) atoms. The Morgan fingerprint density at radius 3 is 1.78 bits per heavy atom. The molecule has 5 aliphatic carbocycles. The van der Waals surface area contributed by atoms with Crippen molar-refractivity contribution in [2.75, 3.05) is 19.7 Å². The minimum Gasteiger partial charge on any atom is -0.463 e. The molecule has 0 aromatic rings. The minimum absolute atomic E-state index is 0.0928. The van der Waals surface area contributed by atoms with Gasteiger partial charge in [-0.05, 0) is 69.1 Å². The van der Waals surface area contributed by atoms with Gasteiger partial charge in [0.15, 0.2) is 12.2 Å². The zero-order valence-corrected chi connectivity index (χ0v) is 31.2. The van der Waals surface area contributed by atoms with Gasteiger partial charge in [0.1, 0.15) is 12.7 Å². The molecule has 0 unspecified atom stereocenters. The van der Waals surface area contributed by atoms with Crippen molar-refractivity contribution in [2.24, 2.45) is 29.6 Å². The third kappa shape index (κ3) is 9.44. The van der Waals surface area contributed by atoms with Crippen molar-refractivity contribution < 1.29 is 76.7 Å². The molecule has 2 N–H and O–H groups in total. The first-order valence-corrected chi connectivity index (χ1v) is 19.0. The molecule has 7 aliphatic rings. The van der Waals surface area contributed by atoms with Crippen LogP contribution >= 0.6 is 0 Å². The number of hydrogen-bond donors (Lipinski definition) is 2. The molecule has 7 fully saturated rings. The number of amides is 2. The van der Waals surface area contributed by atoms with Crippen molar-refractivity contribution in [1.29, 1.82) is 0 Å². The van der Waals surface area contributed by atoms with Gasteiger partial charge in [0.2, 0.25) is 29.9 Å². The van der Waals surface area contributed by atoms with Crippen LogP contribution in [0.5, 0.6) is 0 Å². The van der Waals surface area contributed by atoms with Gasteiger partial charge in [-0.2, -0.15) is 19.6 Å². The lowest BCUT2D eigenvalue weighted by Crippen LogP contribution is -2.64. The van der Waals surface area contributed by atoms with Crippen LogP contribution in [-0.2, 0) is 71.9 Å². The summed E-state index contributed by atoms with van der Waals surface area (Å²) in [6.07, 6.45) is 0.594. The highest BCUT2D eigenvalue weighted by Crippen LogP contribution is 2.62. The molecular formula is C36H52N2O16. The molecule has 0 radical (unpaired) electrons. The summed E-state index contributed by atoms with van der Waals surface area (Å²) in [5.41, 5.74) is 0. The predicted octanol–water partition coefficient (Wildman–Crippen LogP) is 2.64. The number of esters is 4. The van der Waals surface area contributed by atoms with Crippen molar-refractivity contribution in [3.63, 3.8) is 0 Å². The van der Waals surface area contributed by atoms with Gasteiger partial charge in [0, 0.05) is 71.9 Å². The molecule has 2 spiro atoms. The maximum absolute atomic E-state index is 12.8. The van der Waals surface area contributed by atoms with Crippen LogP contribution in [0.15, 0.2) is 0 Å². The summed E-state index contributed by atoms with van der Waals surface area (Å²) >= 11 is 0. The highest BCUT2D eigenvalue weighted by molar-refractivity contribution is 5.76. The van der Waals surface area contributed by atoms with Gasteiger partial charge in [-0.1, -0.05) is 0 Å². The summed E-state index contributed by atoms with van der Waals surface area (Å²) in [5, 5.41) is 5.40. The Hall–Kier alpha value is -3.58.